The van der Waals surface area contributed by atoms with Crippen molar-refractivity contribution in [2.75, 3.05) is 0 Å². The minimum absolute atomic E-state index is 0.129. The molecule has 4 aromatic carbocycles. The molecule has 2 nitrogen and oxygen atoms in total. The maximum Gasteiger partial charge on any atom is 0.402 e. The summed E-state index contributed by atoms with van der Waals surface area (Å²) in [4.78, 5) is 0. The molecular weight excluding hydrogens is 437 g/mol. The Labute approximate surface area is 197 Å². The second kappa shape index (κ2) is 9.26. The van der Waals surface area contributed by atoms with Crippen molar-refractivity contribution in [3.8, 4) is 23.0 Å². The molecule has 174 valence electrons. The van der Waals surface area contributed by atoms with E-state index in [1.54, 1.807) is 36.4 Å². The van der Waals surface area contributed by atoms with E-state index < -0.39 is 11.6 Å². The number of hydrogen-bond acceptors (Lipinski definition) is 2. The van der Waals surface area contributed by atoms with Gasteiger partial charge in [-0.3, -0.25) is 0 Å². The quantitative estimate of drug-likeness (QED) is 0.285. The van der Waals surface area contributed by atoms with Gasteiger partial charge in [-0.2, -0.15) is 13.2 Å². The molecule has 0 heterocycles. The Morgan fingerprint density at radius 1 is 0.529 bits per heavy atom. The number of aryl methyl sites for hydroxylation is 2. The Balaban J connectivity index is 1.60. The van der Waals surface area contributed by atoms with Gasteiger partial charge in [0.05, 0.1) is 0 Å². The molecule has 4 rings (SSSR count). The average Bonchev–Trinajstić information content (AvgIpc) is 2.79. The summed E-state index contributed by atoms with van der Waals surface area (Å²) in [6, 6.07) is 27.1. The zero-order valence-electron chi connectivity index (χ0n) is 19.2. The fraction of sp³-hybridized carbons (Fsp3) is 0.172. The molecule has 0 atom stereocenters. The van der Waals surface area contributed by atoms with Crippen molar-refractivity contribution in [3.63, 3.8) is 0 Å². The SMILES string of the molecule is Cc1cccc(Oc2ccc(C(C)(c3ccc(Oc4cccc(C)c4)cc3)C(F)(F)F)cc2)c1. The molecule has 0 saturated carbocycles. The van der Waals surface area contributed by atoms with Crippen LogP contribution in [0, 0.1) is 13.8 Å². The average molecular weight is 463 g/mol. The summed E-state index contributed by atoms with van der Waals surface area (Å²) < 4.78 is 54.8. The molecule has 0 spiro atoms. The highest BCUT2D eigenvalue weighted by molar-refractivity contribution is 5.46. The summed E-state index contributed by atoms with van der Waals surface area (Å²) in [5.74, 6) is 2.22. The molecule has 0 aliphatic carbocycles. The third-order valence-corrected chi connectivity index (χ3v) is 5.88. The van der Waals surface area contributed by atoms with Crippen molar-refractivity contribution in [2.45, 2.75) is 32.4 Å². The maximum atomic E-state index is 14.4. The zero-order chi connectivity index (χ0) is 24.3. The van der Waals surface area contributed by atoms with E-state index in [1.807, 2.05) is 50.2 Å². The van der Waals surface area contributed by atoms with Crippen LogP contribution in [0.3, 0.4) is 0 Å². The predicted molar refractivity (Wildman–Crippen MR) is 128 cm³/mol. The molecule has 0 aliphatic rings. The number of hydrogen-bond donors (Lipinski definition) is 0. The molecule has 0 aromatic heterocycles. The molecule has 0 amide bonds. The Hall–Kier alpha value is -3.73. The highest BCUT2D eigenvalue weighted by Gasteiger charge is 2.53. The second-order valence-electron chi connectivity index (χ2n) is 8.51. The van der Waals surface area contributed by atoms with E-state index in [9.17, 15) is 13.2 Å². The Morgan fingerprint density at radius 2 is 0.912 bits per heavy atom. The molecule has 5 heteroatoms. The van der Waals surface area contributed by atoms with Gasteiger partial charge in [0.25, 0.3) is 0 Å². The lowest BCUT2D eigenvalue weighted by Gasteiger charge is -2.33. The first-order chi connectivity index (χ1) is 16.1. The van der Waals surface area contributed by atoms with Crippen LogP contribution >= 0.6 is 0 Å². The number of alkyl halides is 3. The van der Waals surface area contributed by atoms with E-state index in [4.69, 9.17) is 9.47 Å². The van der Waals surface area contributed by atoms with Crippen molar-refractivity contribution in [1.29, 1.82) is 0 Å². The van der Waals surface area contributed by atoms with Crippen LogP contribution in [0.15, 0.2) is 97.1 Å². The van der Waals surface area contributed by atoms with Gasteiger partial charge in [0, 0.05) is 0 Å². The van der Waals surface area contributed by atoms with E-state index >= 15 is 0 Å². The molecule has 0 radical (unpaired) electrons. The molecule has 0 fully saturated rings. The van der Waals surface area contributed by atoms with Crippen molar-refractivity contribution in [3.05, 3.63) is 119 Å². The highest BCUT2D eigenvalue weighted by Crippen LogP contribution is 2.47. The van der Waals surface area contributed by atoms with Gasteiger partial charge in [0.15, 0.2) is 0 Å². The van der Waals surface area contributed by atoms with Gasteiger partial charge in [-0.1, -0.05) is 48.5 Å². The lowest BCUT2D eigenvalue weighted by atomic mass is 9.75. The molecule has 0 saturated heterocycles. The van der Waals surface area contributed by atoms with Gasteiger partial charge in [0.2, 0.25) is 0 Å². The summed E-state index contributed by atoms with van der Waals surface area (Å²) in [5, 5.41) is 0. The van der Waals surface area contributed by atoms with Gasteiger partial charge in [-0.05, 0) is 91.6 Å². The third kappa shape index (κ3) is 4.93. The smallest absolute Gasteiger partial charge is 0.402 e. The molecule has 0 unspecified atom stereocenters. The minimum Gasteiger partial charge on any atom is -0.457 e. The first-order valence-corrected chi connectivity index (χ1v) is 10.9. The van der Waals surface area contributed by atoms with E-state index in [0.717, 1.165) is 11.1 Å². The fourth-order valence-corrected chi connectivity index (χ4v) is 3.84. The van der Waals surface area contributed by atoms with Gasteiger partial charge in [-0.25, -0.2) is 0 Å². The highest BCUT2D eigenvalue weighted by atomic mass is 19.4. The normalized spacial score (nSPS) is 11.8. The summed E-state index contributed by atoms with van der Waals surface area (Å²) in [7, 11) is 0. The number of benzene rings is 4. The molecule has 0 bridgehead atoms. The van der Waals surface area contributed by atoms with Crippen molar-refractivity contribution < 1.29 is 22.6 Å². The predicted octanol–water partition coefficient (Wildman–Crippen LogP) is 8.76. The van der Waals surface area contributed by atoms with Crippen LogP contribution in [0.1, 0.15) is 29.2 Å². The topological polar surface area (TPSA) is 18.5 Å². The van der Waals surface area contributed by atoms with Crippen molar-refractivity contribution >= 4 is 0 Å². The fourth-order valence-electron chi connectivity index (χ4n) is 3.84. The Kier molecular flexibility index (Phi) is 6.38. The maximum absolute atomic E-state index is 14.4. The van der Waals surface area contributed by atoms with Crippen LogP contribution < -0.4 is 9.47 Å². The van der Waals surface area contributed by atoms with Crippen molar-refractivity contribution in [2.24, 2.45) is 0 Å². The molecule has 0 aliphatic heterocycles. The molecule has 0 N–H and O–H groups in total. The third-order valence-electron chi connectivity index (χ3n) is 5.88. The van der Waals surface area contributed by atoms with Crippen molar-refractivity contribution in [1.82, 2.24) is 0 Å². The van der Waals surface area contributed by atoms with E-state index in [-0.39, 0.29) is 11.1 Å². The van der Waals surface area contributed by atoms with Gasteiger partial charge >= 0.3 is 6.18 Å². The van der Waals surface area contributed by atoms with Crippen LogP contribution in [0.25, 0.3) is 0 Å². The van der Waals surface area contributed by atoms with Crippen LogP contribution in [-0.2, 0) is 5.41 Å². The standard InChI is InChI=1S/C29H25F3O2/c1-20-6-4-8-26(18-20)33-24-14-10-22(11-15-24)28(3,29(30,31)32)23-12-16-25(17-13-23)34-27-9-5-7-21(2)19-27/h4-19H,1-3H3. The van der Waals surface area contributed by atoms with E-state index in [2.05, 4.69) is 0 Å². The minimum atomic E-state index is -4.51. The molecular formula is C29H25F3O2. The summed E-state index contributed by atoms with van der Waals surface area (Å²) in [6.45, 7) is 5.09. The van der Waals surface area contributed by atoms with E-state index in [1.165, 1.54) is 31.2 Å². The van der Waals surface area contributed by atoms with Crippen LogP contribution in [0.5, 0.6) is 23.0 Å². The number of ether oxygens (including phenoxy) is 2. The van der Waals surface area contributed by atoms with Gasteiger partial charge in [-0.15, -0.1) is 0 Å². The lowest BCUT2D eigenvalue weighted by molar-refractivity contribution is -0.173. The summed E-state index contributed by atoms with van der Waals surface area (Å²) in [6.07, 6.45) is -4.51. The first-order valence-electron chi connectivity index (χ1n) is 10.9. The van der Waals surface area contributed by atoms with Crippen LogP contribution in [0.4, 0.5) is 13.2 Å². The monoisotopic (exact) mass is 462 g/mol. The molecule has 4 aromatic rings. The van der Waals surface area contributed by atoms with Crippen LogP contribution in [0.2, 0.25) is 0 Å². The number of rotatable bonds is 6. The summed E-state index contributed by atoms with van der Waals surface area (Å²) in [5.41, 5.74) is 0.131. The Morgan fingerprint density at radius 3 is 1.24 bits per heavy atom. The summed E-state index contributed by atoms with van der Waals surface area (Å²) >= 11 is 0. The zero-order valence-corrected chi connectivity index (χ0v) is 19.2. The first kappa shape index (κ1) is 23.4. The van der Waals surface area contributed by atoms with Crippen LogP contribution in [-0.4, -0.2) is 6.18 Å². The van der Waals surface area contributed by atoms with Gasteiger partial charge in [0.1, 0.15) is 28.4 Å². The van der Waals surface area contributed by atoms with Gasteiger partial charge < -0.3 is 9.47 Å². The van der Waals surface area contributed by atoms with E-state index in [0.29, 0.717) is 23.0 Å². The lowest BCUT2D eigenvalue weighted by Crippen LogP contribution is -2.40. The largest absolute Gasteiger partial charge is 0.457 e. The Bertz CT molecular complexity index is 1170. The number of halogens is 3. The second-order valence-corrected chi connectivity index (χ2v) is 8.51. The molecule has 34 heavy (non-hydrogen) atoms.